The van der Waals surface area contributed by atoms with Gasteiger partial charge in [0, 0.05) is 11.0 Å². The Morgan fingerprint density at radius 1 is 1.20 bits per heavy atom. The van der Waals surface area contributed by atoms with Gasteiger partial charge in [-0.2, -0.15) is 0 Å². The first-order valence-corrected chi connectivity index (χ1v) is 8.05. The summed E-state index contributed by atoms with van der Waals surface area (Å²) in [4.78, 5) is 4.51. The van der Waals surface area contributed by atoms with E-state index in [2.05, 4.69) is 49.1 Å². The van der Waals surface area contributed by atoms with Crippen LogP contribution in [0.25, 0.3) is 0 Å². The maximum absolute atomic E-state index is 5.78. The number of hydrogen-bond acceptors (Lipinski definition) is 3. The molecule has 0 radical (unpaired) electrons. The number of nitrogens with one attached hydrogen (secondary N) is 1. The molecule has 0 unspecified atom stereocenters. The molecule has 0 atom stereocenters. The summed E-state index contributed by atoms with van der Waals surface area (Å²) in [5, 5.41) is 3.27. The van der Waals surface area contributed by atoms with Gasteiger partial charge in [-0.05, 0) is 52.7 Å². The van der Waals surface area contributed by atoms with Crippen molar-refractivity contribution in [2.75, 3.05) is 11.9 Å². The number of anilines is 1. The Morgan fingerprint density at radius 3 is 2.80 bits per heavy atom. The molecule has 2 aromatic rings. The third-order valence-corrected chi connectivity index (χ3v) is 3.75. The van der Waals surface area contributed by atoms with Gasteiger partial charge in [0.15, 0.2) is 0 Å². The molecule has 3 nitrogen and oxygen atoms in total. The first-order valence-electron chi connectivity index (χ1n) is 6.46. The zero-order valence-corrected chi connectivity index (χ0v) is 14.4. The van der Waals surface area contributed by atoms with Gasteiger partial charge >= 0.3 is 0 Å². The summed E-state index contributed by atoms with van der Waals surface area (Å²) in [6.45, 7) is 3.50. The second kappa shape index (κ2) is 7.64. The highest BCUT2D eigenvalue weighted by Crippen LogP contribution is 2.28. The van der Waals surface area contributed by atoms with Crippen LogP contribution < -0.4 is 10.1 Å². The van der Waals surface area contributed by atoms with E-state index < -0.39 is 0 Å². The number of pyridine rings is 1. The van der Waals surface area contributed by atoms with E-state index in [1.54, 1.807) is 0 Å². The number of hydrogen-bond donors (Lipinski definition) is 1. The number of halogens is 2. The average Bonchev–Trinajstić information content (AvgIpc) is 2.45. The smallest absolute Gasteiger partial charge is 0.134 e. The van der Waals surface area contributed by atoms with Crippen molar-refractivity contribution in [2.45, 2.75) is 20.0 Å². The van der Waals surface area contributed by atoms with E-state index in [0.29, 0.717) is 6.61 Å². The molecule has 1 N–H and O–H groups in total. The molecular weight excluding hydrogens is 384 g/mol. The van der Waals surface area contributed by atoms with Crippen LogP contribution >= 0.6 is 31.9 Å². The summed E-state index contributed by atoms with van der Waals surface area (Å²) in [5.74, 6) is 1.70. The highest BCUT2D eigenvalue weighted by Gasteiger charge is 2.03. The molecule has 0 spiro atoms. The van der Waals surface area contributed by atoms with E-state index >= 15 is 0 Å². The van der Waals surface area contributed by atoms with Crippen LogP contribution in [0.4, 0.5) is 5.82 Å². The van der Waals surface area contributed by atoms with Gasteiger partial charge in [0.05, 0.1) is 10.2 Å². The quantitative estimate of drug-likeness (QED) is 0.741. The summed E-state index contributed by atoms with van der Waals surface area (Å²) in [6, 6.07) is 11.8. The van der Waals surface area contributed by atoms with Crippen LogP contribution in [-0.2, 0) is 6.61 Å². The lowest BCUT2D eigenvalue weighted by Crippen LogP contribution is -2.05. The van der Waals surface area contributed by atoms with Crippen LogP contribution in [0.3, 0.4) is 0 Å². The van der Waals surface area contributed by atoms with Crippen LogP contribution in [-0.4, -0.2) is 11.5 Å². The predicted octanol–water partition coefficient (Wildman–Crippen LogP) is 5.01. The molecule has 0 saturated heterocycles. The molecule has 0 aliphatic heterocycles. The van der Waals surface area contributed by atoms with Crippen LogP contribution in [0.1, 0.15) is 19.0 Å². The number of benzene rings is 1. The summed E-state index contributed by atoms with van der Waals surface area (Å²) < 4.78 is 7.72. The van der Waals surface area contributed by atoms with Crippen molar-refractivity contribution in [3.8, 4) is 5.75 Å². The minimum atomic E-state index is 0.446. The van der Waals surface area contributed by atoms with E-state index in [0.717, 1.165) is 39.2 Å². The van der Waals surface area contributed by atoms with Crippen LogP contribution in [0.5, 0.6) is 5.75 Å². The van der Waals surface area contributed by atoms with Crippen molar-refractivity contribution in [2.24, 2.45) is 0 Å². The minimum Gasteiger partial charge on any atom is -0.486 e. The molecule has 1 heterocycles. The van der Waals surface area contributed by atoms with Gasteiger partial charge in [-0.1, -0.05) is 28.9 Å². The van der Waals surface area contributed by atoms with Crippen LogP contribution in [0.2, 0.25) is 0 Å². The third-order valence-electron chi connectivity index (χ3n) is 2.63. The van der Waals surface area contributed by atoms with Crippen molar-refractivity contribution >= 4 is 37.7 Å². The zero-order chi connectivity index (χ0) is 14.4. The van der Waals surface area contributed by atoms with Gasteiger partial charge in [-0.15, -0.1) is 0 Å². The molecule has 0 fully saturated rings. The highest BCUT2D eigenvalue weighted by atomic mass is 79.9. The van der Waals surface area contributed by atoms with Gasteiger partial charge in [0.2, 0.25) is 0 Å². The number of nitrogens with zero attached hydrogens (tertiary/aromatic N) is 1. The third kappa shape index (κ3) is 4.49. The van der Waals surface area contributed by atoms with E-state index in [9.17, 15) is 0 Å². The lowest BCUT2D eigenvalue weighted by molar-refractivity contribution is 0.299. The van der Waals surface area contributed by atoms with E-state index in [1.807, 2.05) is 36.4 Å². The first kappa shape index (κ1) is 15.3. The first-order chi connectivity index (χ1) is 9.69. The number of aromatic nitrogens is 1. The van der Waals surface area contributed by atoms with Gasteiger partial charge in [0.25, 0.3) is 0 Å². The minimum absolute atomic E-state index is 0.446. The van der Waals surface area contributed by atoms with Crippen LogP contribution in [0.15, 0.2) is 45.3 Å². The lowest BCUT2D eigenvalue weighted by atomic mass is 10.3. The Morgan fingerprint density at radius 2 is 2.05 bits per heavy atom. The van der Waals surface area contributed by atoms with E-state index in [4.69, 9.17) is 4.74 Å². The van der Waals surface area contributed by atoms with Crippen molar-refractivity contribution in [3.63, 3.8) is 0 Å². The van der Waals surface area contributed by atoms with Gasteiger partial charge < -0.3 is 10.1 Å². The molecule has 0 amide bonds. The molecule has 106 valence electrons. The fourth-order valence-electron chi connectivity index (χ4n) is 1.66. The lowest BCUT2D eigenvalue weighted by Gasteiger charge is -2.09. The van der Waals surface area contributed by atoms with E-state index in [1.165, 1.54) is 0 Å². The van der Waals surface area contributed by atoms with Crippen molar-refractivity contribution in [1.29, 1.82) is 0 Å². The highest BCUT2D eigenvalue weighted by molar-refractivity contribution is 9.11. The Kier molecular flexibility index (Phi) is 5.86. The summed E-state index contributed by atoms with van der Waals surface area (Å²) >= 11 is 6.90. The Labute approximate surface area is 136 Å². The molecule has 2 rings (SSSR count). The molecule has 0 aliphatic rings. The van der Waals surface area contributed by atoms with Crippen molar-refractivity contribution < 1.29 is 4.74 Å². The van der Waals surface area contributed by atoms with Gasteiger partial charge in [0.1, 0.15) is 18.2 Å². The molecule has 20 heavy (non-hydrogen) atoms. The fourth-order valence-corrected chi connectivity index (χ4v) is 2.82. The maximum Gasteiger partial charge on any atom is 0.134 e. The summed E-state index contributed by atoms with van der Waals surface area (Å²) in [6.07, 6.45) is 1.08. The maximum atomic E-state index is 5.78. The van der Waals surface area contributed by atoms with Gasteiger partial charge in [-0.25, -0.2) is 4.98 Å². The molecular formula is C15H16Br2N2O. The Hall–Kier alpha value is -1.07. The second-order valence-corrected chi connectivity index (χ2v) is 6.07. The number of ether oxygens (including phenoxy) is 1. The van der Waals surface area contributed by atoms with Crippen molar-refractivity contribution in [1.82, 2.24) is 4.98 Å². The molecule has 0 aliphatic carbocycles. The standard InChI is InChI=1S/C15H16Br2N2O/c1-2-8-18-15-5-3-4-12(19-15)10-20-14-7-6-11(16)9-13(14)17/h3-7,9H,2,8,10H2,1H3,(H,18,19). The predicted molar refractivity (Wildman–Crippen MR) is 89.2 cm³/mol. The molecule has 0 saturated carbocycles. The average molecular weight is 400 g/mol. The molecule has 1 aromatic carbocycles. The summed E-state index contributed by atoms with van der Waals surface area (Å²) in [5.41, 5.74) is 0.904. The van der Waals surface area contributed by atoms with Crippen LogP contribution in [0, 0.1) is 0 Å². The summed E-state index contributed by atoms with van der Waals surface area (Å²) in [7, 11) is 0. The topological polar surface area (TPSA) is 34.1 Å². The van der Waals surface area contributed by atoms with Gasteiger partial charge in [-0.3, -0.25) is 0 Å². The zero-order valence-electron chi connectivity index (χ0n) is 11.2. The van der Waals surface area contributed by atoms with E-state index in [-0.39, 0.29) is 0 Å². The fraction of sp³-hybridized carbons (Fsp3) is 0.267. The molecule has 1 aromatic heterocycles. The second-order valence-electron chi connectivity index (χ2n) is 4.30. The largest absolute Gasteiger partial charge is 0.486 e. The Balaban J connectivity index is 1.99. The molecule has 0 bridgehead atoms. The normalized spacial score (nSPS) is 10.3. The van der Waals surface area contributed by atoms with Crippen molar-refractivity contribution in [3.05, 3.63) is 51.0 Å². The Bertz CT molecular complexity index is 576. The molecule has 5 heteroatoms. The number of rotatable bonds is 6. The monoisotopic (exact) mass is 398 g/mol. The SMILES string of the molecule is CCCNc1cccc(COc2ccc(Br)cc2Br)n1.